The van der Waals surface area contributed by atoms with Crippen LogP contribution < -0.4 is 5.32 Å². The van der Waals surface area contributed by atoms with Gasteiger partial charge in [-0.15, -0.1) is 10.2 Å². The summed E-state index contributed by atoms with van der Waals surface area (Å²) in [7, 11) is 0. The summed E-state index contributed by atoms with van der Waals surface area (Å²) in [6, 6.07) is 11.9. The van der Waals surface area contributed by atoms with E-state index in [1.165, 1.54) is 12.3 Å². The minimum absolute atomic E-state index is 0.0140. The van der Waals surface area contributed by atoms with Crippen LogP contribution in [0.3, 0.4) is 0 Å². The predicted molar refractivity (Wildman–Crippen MR) is 134 cm³/mol. The third kappa shape index (κ3) is 4.58. The number of aryl methyl sites for hydroxylation is 1. The number of anilines is 1. The van der Waals surface area contributed by atoms with E-state index in [1.54, 1.807) is 28.9 Å². The molecule has 0 atom stereocenters. The number of nitrogens with one attached hydrogen (secondary N) is 1. The summed E-state index contributed by atoms with van der Waals surface area (Å²) in [6.07, 6.45) is 5.67. The number of hydrogen-bond donors (Lipinski definition) is 1. The Morgan fingerprint density at radius 2 is 1.97 bits per heavy atom. The van der Waals surface area contributed by atoms with Crippen molar-refractivity contribution < 1.29 is 9.18 Å². The van der Waals surface area contributed by atoms with Crippen LogP contribution in [0.25, 0.3) is 17.1 Å². The SMILES string of the molecule is CC(C)c1c(C(=O)Nc2cc(-c3nnc4n3CCCCC4)ccc2F)cnn1-c1cccc(Cl)c1. The van der Waals surface area contributed by atoms with Gasteiger partial charge in [-0.05, 0) is 55.2 Å². The third-order valence-electron chi connectivity index (χ3n) is 6.23. The molecule has 2 aromatic carbocycles. The quantitative estimate of drug-likeness (QED) is 0.369. The first kappa shape index (κ1) is 23.2. The molecule has 9 heteroatoms. The Bertz CT molecular complexity index is 1390. The zero-order chi connectivity index (χ0) is 24.5. The molecule has 0 saturated carbocycles. The predicted octanol–water partition coefficient (Wildman–Crippen LogP) is 6.03. The number of fused-ring (bicyclic) bond motifs is 1. The van der Waals surface area contributed by atoms with Gasteiger partial charge in [0.1, 0.15) is 11.6 Å². The van der Waals surface area contributed by atoms with E-state index in [4.69, 9.17) is 11.6 Å². The topological polar surface area (TPSA) is 77.6 Å². The molecule has 1 N–H and O–H groups in total. The summed E-state index contributed by atoms with van der Waals surface area (Å²) in [5, 5.41) is 16.4. The molecule has 4 aromatic rings. The van der Waals surface area contributed by atoms with Gasteiger partial charge in [-0.25, -0.2) is 9.07 Å². The van der Waals surface area contributed by atoms with Crippen LogP contribution in [0.1, 0.15) is 60.9 Å². The minimum atomic E-state index is -0.522. The fourth-order valence-electron chi connectivity index (χ4n) is 4.55. The molecule has 0 saturated heterocycles. The van der Waals surface area contributed by atoms with Gasteiger partial charge in [0, 0.05) is 23.6 Å². The Morgan fingerprint density at radius 1 is 1.11 bits per heavy atom. The molecule has 1 aliphatic rings. The van der Waals surface area contributed by atoms with Gasteiger partial charge in [-0.1, -0.05) is 37.9 Å². The van der Waals surface area contributed by atoms with Gasteiger partial charge in [-0.3, -0.25) is 4.79 Å². The molecule has 0 bridgehead atoms. The molecule has 0 aliphatic carbocycles. The Balaban J connectivity index is 1.47. The molecule has 0 fully saturated rings. The fourth-order valence-corrected chi connectivity index (χ4v) is 4.73. The number of rotatable bonds is 5. The van der Waals surface area contributed by atoms with Crippen molar-refractivity contribution in [3.8, 4) is 17.1 Å². The second kappa shape index (κ2) is 9.62. The van der Waals surface area contributed by atoms with Gasteiger partial charge in [0.2, 0.25) is 0 Å². The van der Waals surface area contributed by atoms with Crippen LogP contribution in [0, 0.1) is 5.82 Å². The van der Waals surface area contributed by atoms with E-state index >= 15 is 0 Å². The van der Waals surface area contributed by atoms with Crippen molar-refractivity contribution in [1.29, 1.82) is 0 Å². The second-order valence-corrected chi connectivity index (χ2v) is 9.48. The first-order valence-corrected chi connectivity index (χ1v) is 12.2. The Morgan fingerprint density at radius 3 is 2.77 bits per heavy atom. The Kier molecular flexibility index (Phi) is 6.38. The normalized spacial score (nSPS) is 13.5. The number of halogens is 2. The van der Waals surface area contributed by atoms with Gasteiger partial charge in [0.05, 0.1) is 28.8 Å². The van der Waals surface area contributed by atoms with Crippen LogP contribution in [0.4, 0.5) is 10.1 Å². The maximum absolute atomic E-state index is 14.8. The fraction of sp³-hybridized carbons (Fsp3) is 0.308. The van der Waals surface area contributed by atoms with Gasteiger partial charge >= 0.3 is 0 Å². The monoisotopic (exact) mass is 492 g/mol. The molecule has 7 nitrogen and oxygen atoms in total. The zero-order valence-electron chi connectivity index (χ0n) is 19.6. The summed E-state index contributed by atoms with van der Waals surface area (Å²) in [4.78, 5) is 13.3. The van der Waals surface area contributed by atoms with Crippen LogP contribution in [-0.4, -0.2) is 30.5 Å². The van der Waals surface area contributed by atoms with Gasteiger partial charge < -0.3 is 9.88 Å². The second-order valence-electron chi connectivity index (χ2n) is 9.04. The summed E-state index contributed by atoms with van der Waals surface area (Å²) in [5.74, 6) is 0.667. The highest BCUT2D eigenvalue weighted by Crippen LogP contribution is 2.29. The lowest BCUT2D eigenvalue weighted by molar-refractivity contribution is 0.102. The van der Waals surface area contributed by atoms with Crippen molar-refractivity contribution in [2.45, 2.75) is 52.0 Å². The number of benzene rings is 2. The summed E-state index contributed by atoms with van der Waals surface area (Å²) >= 11 is 6.16. The van der Waals surface area contributed by atoms with E-state index < -0.39 is 11.7 Å². The third-order valence-corrected chi connectivity index (χ3v) is 6.47. The maximum Gasteiger partial charge on any atom is 0.259 e. The van der Waals surface area contributed by atoms with Crippen molar-refractivity contribution in [3.05, 3.63) is 76.6 Å². The minimum Gasteiger partial charge on any atom is -0.319 e. The Hall–Kier alpha value is -3.52. The number of carbonyl (C=O) groups excluding carboxylic acids is 1. The highest BCUT2D eigenvalue weighted by Gasteiger charge is 2.23. The molecule has 2 aromatic heterocycles. The summed E-state index contributed by atoms with van der Waals surface area (Å²) < 4.78 is 18.6. The van der Waals surface area contributed by atoms with Crippen molar-refractivity contribution in [3.63, 3.8) is 0 Å². The molecular weight excluding hydrogens is 467 g/mol. The molecule has 5 rings (SSSR count). The summed E-state index contributed by atoms with van der Waals surface area (Å²) in [5.41, 5.74) is 2.64. The molecule has 35 heavy (non-hydrogen) atoms. The maximum atomic E-state index is 14.8. The van der Waals surface area contributed by atoms with Crippen LogP contribution in [0.15, 0.2) is 48.7 Å². The summed E-state index contributed by atoms with van der Waals surface area (Å²) in [6.45, 7) is 4.79. The van der Waals surface area contributed by atoms with Crippen molar-refractivity contribution in [1.82, 2.24) is 24.5 Å². The molecule has 1 amide bonds. The first-order valence-electron chi connectivity index (χ1n) is 11.8. The largest absolute Gasteiger partial charge is 0.319 e. The Labute approximate surface area is 207 Å². The molecule has 3 heterocycles. The highest BCUT2D eigenvalue weighted by atomic mass is 35.5. The van der Waals surface area contributed by atoms with Gasteiger partial charge in [0.15, 0.2) is 5.82 Å². The van der Waals surface area contributed by atoms with E-state index in [1.807, 2.05) is 26.0 Å². The zero-order valence-corrected chi connectivity index (χ0v) is 20.4. The number of hydrogen-bond acceptors (Lipinski definition) is 4. The first-order chi connectivity index (χ1) is 16.9. The van der Waals surface area contributed by atoms with Crippen LogP contribution in [0.5, 0.6) is 0 Å². The van der Waals surface area contributed by atoms with Crippen molar-refractivity contribution in [2.75, 3.05) is 5.32 Å². The molecule has 0 unspecified atom stereocenters. The average molecular weight is 493 g/mol. The molecular formula is C26H26ClFN6O. The van der Waals surface area contributed by atoms with Crippen molar-refractivity contribution in [2.24, 2.45) is 0 Å². The standard InChI is InChI=1S/C26H26ClFN6O/c1-16(2)24-20(15-29-34(24)19-8-6-7-18(27)14-19)26(35)30-22-13-17(10-11-21(22)28)25-32-31-23-9-4-3-5-12-33(23)25/h6-8,10-11,13-16H,3-5,9,12H2,1-2H3,(H,30,35). The van der Waals surface area contributed by atoms with E-state index in [9.17, 15) is 9.18 Å². The van der Waals surface area contributed by atoms with E-state index in [0.29, 0.717) is 27.7 Å². The number of amides is 1. The van der Waals surface area contributed by atoms with E-state index in [0.717, 1.165) is 43.7 Å². The van der Waals surface area contributed by atoms with Crippen molar-refractivity contribution >= 4 is 23.2 Å². The van der Waals surface area contributed by atoms with Gasteiger partial charge in [-0.2, -0.15) is 5.10 Å². The van der Waals surface area contributed by atoms with Gasteiger partial charge in [0.25, 0.3) is 5.91 Å². The van der Waals surface area contributed by atoms with E-state index in [-0.39, 0.29) is 11.6 Å². The van der Waals surface area contributed by atoms with Crippen LogP contribution in [0.2, 0.25) is 5.02 Å². The lowest BCUT2D eigenvalue weighted by Gasteiger charge is -2.14. The van der Waals surface area contributed by atoms with Crippen LogP contribution in [-0.2, 0) is 13.0 Å². The molecule has 1 aliphatic heterocycles. The van der Waals surface area contributed by atoms with E-state index in [2.05, 4.69) is 25.2 Å². The highest BCUT2D eigenvalue weighted by molar-refractivity contribution is 6.30. The number of nitrogens with zero attached hydrogens (tertiary/aromatic N) is 5. The smallest absolute Gasteiger partial charge is 0.259 e. The average Bonchev–Trinajstić information content (AvgIpc) is 3.39. The molecule has 0 spiro atoms. The number of aromatic nitrogens is 5. The molecule has 180 valence electrons. The lowest BCUT2D eigenvalue weighted by Crippen LogP contribution is -2.16. The number of carbonyl (C=O) groups is 1. The molecule has 0 radical (unpaired) electrons. The lowest BCUT2D eigenvalue weighted by atomic mass is 10.0. The van der Waals surface area contributed by atoms with Crippen LogP contribution >= 0.6 is 11.6 Å².